The normalized spacial score (nSPS) is 10.9. The van der Waals surface area contributed by atoms with Gasteiger partial charge in [-0.15, -0.1) is 0 Å². The van der Waals surface area contributed by atoms with Crippen LogP contribution in [0.5, 0.6) is 0 Å². The quantitative estimate of drug-likeness (QED) is 0.290. The fourth-order valence-electron chi connectivity index (χ4n) is 3.05. The SMILES string of the molecule is CCOC(=O)c1cc(C(=O)OCC)cc(P(=O)(O)c2cc(C(=O)OCC)cc(C(=O)OCC)c2)c1. The molecule has 0 spiro atoms. The van der Waals surface area contributed by atoms with Crippen LogP contribution < -0.4 is 10.6 Å². The smallest absolute Gasteiger partial charge is 0.338 e. The average Bonchev–Trinajstić information content (AvgIpc) is 2.84. The molecule has 0 saturated heterocycles. The van der Waals surface area contributed by atoms with Gasteiger partial charge in [0.25, 0.3) is 7.37 Å². The minimum Gasteiger partial charge on any atom is -0.462 e. The Labute approximate surface area is 202 Å². The molecule has 0 aliphatic carbocycles. The molecule has 0 atom stereocenters. The third-order valence-corrected chi connectivity index (χ3v) is 6.50. The number of rotatable bonds is 10. The van der Waals surface area contributed by atoms with Gasteiger partial charge in [-0.2, -0.15) is 0 Å². The molecule has 2 rings (SSSR count). The van der Waals surface area contributed by atoms with E-state index in [1.165, 1.54) is 12.1 Å². The van der Waals surface area contributed by atoms with E-state index in [9.17, 15) is 28.6 Å². The molecule has 2 aromatic carbocycles. The third kappa shape index (κ3) is 6.77. The molecule has 0 heterocycles. The maximum absolute atomic E-state index is 13.7. The summed E-state index contributed by atoms with van der Waals surface area (Å²) in [5, 5.41) is -0.608. The summed E-state index contributed by atoms with van der Waals surface area (Å²) in [6.07, 6.45) is 0. The predicted molar refractivity (Wildman–Crippen MR) is 126 cm³/mol. The summed E-state index contributed by atoms with van der Waals surface area (Å²) in [5.41, 5.74) is -0.578. The van der Waals surface area contributed by atoms with Crippen molar-refractivity contribution in [2.24, 2.45) is 0 Å². The summed E-state index contributed by atoms with van der Waals surface area (Å²) in [4.78, 5) is 60.6. The minimum atomic E-state index is -4.57. The van der Waals surface area contributed by atoms with Gasteiger partial charge in [0.1, 0.15) is 0 Å². The van der Waals surface area contributed by atoms with Gasteiger partial charge in [-0.1, -0.05) is 0 Å². The van der Waals surface area contributed by atoms with E-state index in [0.29, 0.717) is 0 Å². The van der Waals surface area contributed by atoms with Crippen molar-refractivity contribution in [3.63, 3.8) is 0 Å². The summed E-state index contributed by atoms with van der Waals surface area (Å²) in [6.45, 7) is 6.51. The van der Waals surface area contributed by atoms with Crippen LogP contribution in [0, 0.1) is 0 Å². The molecule has 0 aliphatic rings. The lowest BCUT2D eigenvalue weighted by molar-refractivity contribution is 0.0506. The van der Waals surface area contributed by atoms with Gasteiger partial charge < -0.3 is 23.8 Å². The van der Waals surface area contributed by atoms with Crippen LogP contribution in [0.1, 0.15) is 69.1 Å². The van der Waals surface area contributed by atoms with Crippen LogP contribution >= 0.6 is 7.37 Å². The molecule has 0 aliphatic heterocycles. The summed E-state index contributed by atoms with van der Waals surface area (Å²) in [5.74, 6) is -3.25. The highest BCUT2D eigenvalue weighted by Gasteiger charge is 2.30. The molecule has 0 bridgehead atoms. The molecule has 0 aromatic heterocycles. The monoisotopic (exact) mass is 506 g/mol. The number of carbonyl (C=O) groups is 4. The first-order chi connectivity index (χ1) is 16.6. The topological polar surface area (TPSA) is 143 Å². The molecule has 1 N–H and O–H groups in total. The van der Waals surface area contributed by atoms with Crippen LogP contribution in [0.4, 0.5) is 0 Å². The van der Waals surface area contributed by atoms with Gasteiger partial charge in [0.15, 0.2) is 0 Å². The molecule has 2 aromatic rings. The Morgan fingerprint density at radius 3 is 1.00 bits per heavy atom. The van der Waals surface area contributed by atoms with Gasteiger partial charge in [0, 0.05) is 10.6 Å². The zero-order valence-electron chi connectivity index (χ0n) is 19.9. The van der Waals surface area contributed by atoms with Gasteiger partial charge in [-0.25, -0.2) is 19.2 Å². The molecular weight excluding hydrogens is 479 g/mol. The van der Waals surface area contributed by atoms with E-state index in [1.54, 1.807) is 27.7 Å². The Morgan fingerprint density at radius 1 is 0.571 bits per heavy atom. The molecular formula is C24H27O10P. The lowest BCUT2D eigenvalue weighted by Crippen LogP contribution is -2.22. The molecule has 35 heavy (non-hydrogen) atoms. The molecule has 0 saturated carbocycles. The Kier molecular flexibility index (Phi) is 9.74. The lowest BCUT2D eigenvalue weighted by Gasteiger charge is -2.17. The van der Waals surface area contributed by atoms with E-state index in [-0.39, 0.29) is 59.3 Å². The van der Waals surface area contributed by atoms with Gasteiger partial charge in [0.2, 0.25) is 0 Å². The van der Waals surface area contributed by atoms with E-state index in [1.807, 2.05) is 0 Å². The van der Waals surface area contributed by atoms with Gasteiger partial charge in [-0.3, -0.25) is 4.57 Å². The lowest BCUT2D eigenvalue weighted by atomic mass is 10.1. The standard InChI is InChI=1S/C24H27O10P/c1-5-31-21(25)15-9-16(22(26)32-6-2)12-19(11-15)35(29,30)20-13-17(23(27)33-7-3)10-18(14-20)24(28)34-8-4/h9-14H,5-8H2,1-4H3,(H,29,30). The number of esters is 4. The van der Waals surface area contributed by atoms with Crippen LogP contribution in [0.2, 0.25) is 0 Å². The number of hydrogen-bond donors (Lipinski definition) is 1. The first-order valence-electron chi connectivity index (χ1n) is 10.9. The Balaban J connectivity index is 2.73. The highest BCUT2D eigenvalue weighted by atomic mass is 31.2. The molecule has 0 radical (unpaired) electrons. The summed E-state index contributed by atoms with van der Waals surface area (Å²) in [7, 11) is -4.57. The second kappa shape index (κ2) is 12.3. The molecule has 10 nitrogen and oxygen atoms in total. The van der Waals surface area contributed by atoms with Crippen molar-refractivity contribution in [2.45, 2.75) is 27.7 Å². The second-order valence-electron chi connectivity index (χ2n) is 7.00. The maximum atomic E-state index is 13.7. The van der Waals surface area contributed by atoms with Crippen LogP contribution in [-0.4, -0.2) is 55.2 Å². The van der Waals surface area contributed by atoms with Crippen molar-refractivity contribution < 1.29 is 47.6 Å². The molecule has 0 fully saturated rings. The van der Waals surface area contributed by atoms with Crippen LogP contribution in [0.25, 0.3) is 0 Å². The fourth-order valence-corrected chi connectivity index (χ4v) is 4.60. The first kappa shape index (κ1) is 27.8. The number of benzene rings is 2. The van der Waals surface area contributed by atoms with E-state index in [2.05, 4.69) is 0 Å². The summed E-state index contributed by atoms with van der Waals surface area (Å²) in [6, 6.07) is 6.84. The largest absolute Gasteiger partial charge is 0.462 e. The van der Waals surface area contributed by atoms with E-state index in [0.717, 1.165) is 24.3 Å². The minimum absolute atomic E-state index is 0.0407. The number of ether oxygens (including phenoxy) is 4. The van der Waals surface area contributed by atoms with Crippen molar-refractivity contribution in [3.8, 4) is 0 Å². The highest BCUT2D eigenvalue weighted by molar-refractivity contribution is 7.73. The fraction of sp³-hybridized carbons (Fsp3) is 0.333. The van der Waals surface area contributed by atoms with Gasteiger partial charge >= 0.3 is 23.9 Å². The van der Waals surface area contributed by atoms with Crippen molar-refractivity contribution in [1.82, 2.24) is 0 Å². The predicted octanol–water partition coefficient (Wildman–Crippen LogP) is 2.61. The Morgan fingerprint density at radius 2 is 0.800 bits per heavy atom. The summed E-state index contributed by atoms with van der Waals surface area (Å²) >= 11 is 0. The van der Waals surface area contributed by atoms with Crippen LogP contribution in [0.15, 0.2) is 36.4 Å². The Hall–Kier alpha value is -3.49. The van der Waals surface area contributed by atoms with E-state index in [4.69, 9.17) is 18.9 Å². The van der Waals surface area contributed by atoms with E-state index < -0.39 is 31.2 Å². The van der Waals surface area contributed by atoms with Gasteiger partial charge in [-0.05, 0) is 64.1 Å². The Bertz CT molecular complexity index is 1010. The second-order valence-corrected chi connectivity index (χ2v) is 9.18. The zero-order chi connectivity index (χ0) is 26.2. The zero-order valence-corrected chi connectivity index (χ0v) is 20.8. The third-order valence-electron chi connectivity index (χ3n) is 4.58. The number of hydrogen-bond acceptors (Lipinski definition) is 9. The van der Waals surface area contributed by atoms with Crippen molar-refractivity contribution in [3.05, 3.63) is 58.7 Å². The molecule has 0 unspecified atom stereocenters. The average molecular weight is 506 g/mol. The van der Waals surface area contributed by atoms with Crippen molar-refractivity contribution in [1.29, 1.82) is 0 Å². The van der Waals surface area contributed by atoms with Gasteiger partial charge in [0.05, 0.1) is 48.7 Å². The highest BCUT2D eigenvalue weighted by Crippen LogP contribution is 2.39. The van der Waals surface area contributed by atoms with Crippen molar-refractivity contribution in [2.75, 3.05) is 26.4 Å². The van der Waals surface area contributed by atoms with Crippen LogP contribution in [0.3, 0.4) is 0 Å². The van der Waals surface area contributed by atoms with Crippen molar-refractivity contribution >= 4 is 41.9 Å². The first-order valence-corrected chi connectivity index (χ1v) is 12.6. The van der Waals surface area contributed by atoms with E-state index >= 15 is 0 Å². The molecule has 188 valence electrons. The van der Waals surface area contributed by atoms with Crippen LogP contribution in [-0.2, 0) is 23.5 Å². The molecule has 11 heteroatoms. The number of carbonyl (C=O) groups excluding carboxylic acids is 4. The summed E-state index contributed by atoms with van der Waals surface area (Å²) < 4.78 is 33.6. The molecule has 0 amide bonds. The maximum Gasteiger partial charge on any atom is 0.338 e.